The van der Waals surface area contributed by atoms with E-state index >= 15 is 0 Å². The molecule has 0 aliphatic heterocycles. The Morgan fingerprint density at radius 3 is 2.47 bits per heavy atom. The third kappa shape index (κ3) is 4.57. The molecule has 2 N–H and O–H groups in total. The molecule has 19 heavy (non-hydrogen) atoms. The van der Waals surface area contributed by atoms with Crippen LogP contribution in [0.15, 0.2) is 4.52 Å². The highest BCUT2D eigenvalue weighted by molar-refractivity contribution is 5.80. The van der Waals surface area contributed by atoms with E-state index in [1.165, 1.54) is 4.90 Å². The number of rotatable bonds is 4. The number of carbonyl (C=O) groups excluding carboxylic acids is 1. The minimum absolute atomic E-state index is 0.0614. The number of aromatic nitrogens is 2. The van der Waals surface area contributed by atoms with Crippen LogP contribution in [0.3, 0.4) is 0 Å². The molecule has 106 valence electrons. The number of aliphatic carboxylic acids is 1. The van der Waals surface area contributed by atoms with Crippen LogP contribution in [0.1, 0.15) is 32.5 Å². The number of nitrogens with one attached hydrogen (secondary N) is 1. The van der Waals surface area contributed by atoms with Crippen LogP contribution in [0.4, 0.5) is 4.79 Å². The van der Waals surface area contributed by atoms with E-state index in [4.69, 9.17) is 9.63 Å². The first-order valence-electron chi connectivity index (χ1n) is 5.76. The number of aryl methyl sites for hydroxylation is 1. The van der Waals surface area contributed by atoms with Crippen molar-refractivity contribution in [2.45, 2.75) is 39.8 Å². The van der Waals surface area contributed by atoms with E-state index in [0.29, 0.717) is 5.82 Å². The summed E-state index contributed by atoms with van der Waals surface area (Å²) < 4.78 is 4.85. The van der Waals surface area contributed by atoms with Gasteiger partial charge in [-0.05, 0) is 27.7 Å². The molecule has 0 spiro atoms. The molecule has 0 saturated heterocycles. The van der Waals surface area contributed by atoms with Crippen molar-refractivity contribution >= 4 is 12.0 Å². The molecule has 1 aromatic heterocycles. The fourth-order valence-electron chi connectivity index (χ4n) is 1.41. The first-order chi connectivity index (χ1) is 8.70. The van der Waals surface area contributed by atoms with E-state index in [1.807, 2.05) is 0 Å². The second-order valence-corrected chi connectivity index (χ2v) is 5.04. The molecule has 1 rings (SSSR count). The molecular formula is C11H18N4O4. The maximum atomic E-state index is 12.0. The number of carboxylic acids is 1. The monoisotopic (exact) mass is 270 g/mol. The Bertz CT molecular complexity index is 464. The number of hydrogen-bond acceptors (Lipinski definition) is 5. The number of hydrogen-bond donors (Lipinski definition) is 2. The van der Waals surface area contributed by atoms with Gasteiger partial charge in [0.2, 0.25) is 5.89 Å². The zero-order chi connectivity index (χ0) is 14.6. The molecule has 1 aromatic rings. The summed E-state index contributed by atoms with van der Waals surface area (Å²) in [6, 6.07) is -0.495. The van der Waals surface area contributed by atoms with Gasteiger partial charge in [0.15, 0.2) is 5.82 Å². The standard InChI is InChI=1S/C11H18N4O4/c1-7-13-8(19-14-7)5-12-10(18)15(6-9(16)17)11(2,3)4/h5-6H2,1-4H3,(H,12,18)(H,16,17). The summed E-state index contributed by atoms with van der Waals surface area (Å²) in [7, 11) is 0. The lowest BCUT2D eigenvalue weighted by Gasteiger charge is -2.34. The SMILES string of the molecule is Cc1noc(CNC(=O)N(CC(=O)O)C(C)(C)C)n1. The summed E-state index contributed by atoms with van der Waals surface area (Å²) in [6.45, 7) is 6.62. The highest BCUT2D eigenvalue weighted by atomic mass is 16.5. The number of urea groups is 1. The minimum atomic E-state index is -1.07. The van der Waals surface area contributed by atoms with Crippen molar-refractivity contribution in [1.82, 2.24) is 20.4 Å². The molecule has 0 radical (unpaired) electrons. The number of carboxylic acid groups (broad SMARTS) is 1. The van der Waals surface area contributed by atoms with Crippen LogP contribution in [0.2, 0.25) is 0 Å². The minimum Gasteiger partial charge on any atom is -0.480 e. The van der Waals surface area contributed by atoms with E-state index in [1.54, 1.807) is 27.7 Å². The topological polar surface area (TPSA) is 109 Å². The molecule has 0 saturated carbocycles. The molecule has 8 nitrogen and oxygen atoms in total. The maximum absolute atomic E-state index is 12.0. The van der Waals surface area contributed by atoms with Gasteiger partial charge in [-0.2, -0.15) is 4.98 Å². The Morgan fingerprint density at radius 1 is 1.42 bits per heavy atom. The molecular weight excluding hydrogens is 252 g/mol. The quantitative estimate of drug-likeness (QED) is 0.836. The highest BCUT2D eigenvalue weighted by Gasteiger charge is 2.28. The molecule has 0 unspecified atom stereocenters. The average Bonchev–Trinajstić information content (AvgIpc) is 2.67. The predicted molar refractivity (Wildman–Crippen MR) is 65.4 cm³/mol. The Kier molecular flexibility index (Phi) is 4.47. The van der Waals surface area contributed by atoms with Crippen molar-refractivity contribution in [1.29, 1.82) is 0 Å². The van der Waals surface area contributed by atoms with Gasteiger partial charge in [-0.15, -0.1) is 0 Å². The van der Waals surface area contributed by atoms with Gasteiger partial charge in [0.05, 0.1) is 6.54 Å². The fourth-order valence-corrected chi connectivity index (χ4v) is 1.41. The summed E-state index contributed by atoms with van der Waals surface area (Å²) in [6.07, 6.45) is 0. The van der Waals surface area contributed by atoms with Gasteiger partial charge in [-0.25, -0.2) is 4.79 Å². The summed E-state index contributed by atoms with van der Waals surface area (Å²) in [5.41, 5.74) is -0.604. The van der Waals surface area contributed by atoms with Crippen molar-refractivity contribution in [3.05, 3.63) is 11.7 Å². The molecule has 2 amide bonds. The summed E-state index contributed by atoms with van der Waals surface area (Å²) in [5.74, 6) is -0.323. The average molecular weight is 270 g/mol. The van der Waals surface area contributed by atoms with Gasteiger partial charge < -0.3 is 19.8 Å². The van der Waals surface area contributed by atoms with Crippen LogP contribution in [0, 0.1) is 6.92 Å². The Balaban J connectivity index is 2.64. The Labute approximate surface area is 110 Å². The zero-order valence-corrected chi connectivity index (χ0v) is 11.4. The lowest BCUT2D eigenvalue weighted by Crippen LogP contribution is -2.52. The van der Waals surface area contributed by atoms with E-state index in [9.17, 15) is 9.59 Å². The molecule has 0 fully saturated rings. The molecule has 8 heteroatoms. The molecule has 0 atom stereocenters. The third-order valence-corrected chi connectivity index (χ3v) is 2.31. The van der Waals surface area contributed by atoms with Crippen molar-refractivity contribution < 1.29 is 19.2 Å². The van der Waals surface area contributed by atoms with Gasteiger partial charge in [0, 0.05) is 5.54 Å². The van der Waals surface area contributed by atoms with E-state index in [0.717, 1.165) is 0 Å². The number of carbonyl (C=O) groups is 2. The van der Waals surface area contributed by atoms with Crippen LogP contribution in [-0.2, 0) is 11.3 Å². The van der Waals surface area contributed by atoms with E-state index in [2.05, 4.69) is 15.5 Å². The lowest BCUT2D eigenvalue weighted by molar-refractivity contribution is -0.138. The first kappa shape index (κ1) is 14.9. The first-order valence-corrected chi connectivity index (χ1v) is 5.76. The van der Waals surface area contributed by atoms with Crippen molar-refractivity contribution in [2.24, 2.45) is 0 Å². The normalized spacial score (nSPS) is 11.2. The highest BCUT2D eigenvalue weighted by Crippen LogP contribution is 2.13. The maximum Gasteiger partial charge on any atom is 0.323 e. The Hall–Kier alpha value is -2.12. The second-order valence-electron chi connectivity index (χ2n) is 5.04. The van der Waals surface area contributed by atoms with Gasteiger partial charge in [-0.3, -0.25) is 4.79 Å². The molecule has 1 heterocycles. The second kappa shape index (κ2) is 5.68. The molecule has 0 aliphatic rings. The van der Waals surface area contributed by atoms with Gasteiger partial charge in [0.1, 0.15) is 6.54 Å². The van der Waals surface area contributed by atoms with Crippen LogP contribution in [0.25, 0.3) is 0 Å². The van der Waals surface area contributed by atoms with Crippen LogP contribution >= 0.6 is 0 Å². The van der Waals surface area contributed by atoms with Crippen LogP contribution in [-0.4, -0.2) is 44.2 Å². The van der Waals surface area contributed by atoms with E-state index < -0.39 is 17.5 Å². The van der Waals surface area contributed by atoms with Crippen molar-refractivity contribution in [3.63, 3.8) is 0 Å². The van der Waals surface area contributed by atoms with Crippen LogP contribution < -0.4 is 5.32 Å². The summed E-state index contributed by atoms with van der Waals surface area (Å²) in [5, 5.41) is 15.0. The van der Waals surface area contributed by atoms with E-state index in [-0.39, 0.29) is 19.0 Å². The largest absolute Gasteiger partial charge is 0.480 e. The summed E-state index contributed by atoms with van der Waals surface area (Å²) in [4.78, 5) is 27.9. The summed E-state index contributed by atoms with van der Waals surface area (Å²) >= 11 is 0. The van der Waals surface area contributed by atoms with Gasteiger partial charge in [-0.1, -0.05) is 5.16 Å². The molecule has 0 aromatic carbocycles. The van der Waals surface area contributed by atoms with Crippen molar-refractivity contribution in [3.8, 4) is 0 Å². The third-order valence-electron chi connectivity index (χ3n) is 2.31. The lowest BCUT2D eigenvalue weighted by atomic mass is 10.1. The molecule has 0 aliphatic carbocycles. The molecule has 0 bridgehead atoms. The predicted octanol–water partition coefficient (Wildman–Crippen LogP) is 0.773. The number of amides is 2. The number of nitrogens with zero attached hydrogens (tertiary/aromatic N) is 3. The smallest absolute Gasteiger partial charge is 0.323 e. The van der Waals surface area contributed by atoms with Gasteiger partial charge in [0.25, 0.3) is 0 Å². The Morgan fingerprint density at radius 2 is 2.05 bits per heavy atom. The van der Waals surface area contributed by atoms with Crippen molar-refractivity contribution in [2.75, 3.05) is 6.54 Å². The van der Waals surface area contributed by atoms with Crippen LogP contribution in [0.5, 0.6) is 0 Å². The van der Waals surface area contributed by atoms with Gasteiger partial charge >= 0.3 is 12.0 Å². The fraction of sp³-hybridized carbons (Fsp3) is 0.636. The zero-order valence-electron chi connectivity index (χ0n) is 11.4.